The van der Waals surface area contributed by atoms with Gasteiger partial charge in [-0.3, -0.25) is 9.59 Å². The van der Waals surface area contributed by atoms with E-state index >= 15 is 4.39 Å². The van der Waals surface area contributed by atoms with Crippen molar-refractivity contribution in [2.24, 2.45) is 28.6 Å². The maximum Gasteiger partial charge on any atom is 0.302 e. The van der Waals surface area contributed by atoms with Crippen molar-refractivity contribution in [1.82, 2.24) is 0 Å². The molecule has 4 aliphatic rings. The van der Waals surface area contributed by atoms with Crippen LogP contribution in [0.15, 0.2) is 0 Å². The fourth-order valence-electron chi connectivity index (χ4n) is 7.33. The summed E-state index contributed by atoms with van der Waals surface area (Å²) in [4.78, 5) is 24.4. The first-order valence-corrected chi connectivity index (χ1v) is 10.2. The number of Topliss-reactive ketones (excluding diaryl/α,β-unsaturated/α-hetero) is 1. The summed E-state index contributed by atoms with van der Waals surface area (Å²) < 4.78 is 21.5. The number of aliphatic hydroxyl groups is 1. The summed E-state index contributed by atoms with van der Waals surface area (Å²) in [5.74, 6) is -0.0436. The van der Waals surface area contributed by atoms with Crippen molar-refractivity contribution >= 4 is 11.8 Å². The van der Waals surface area contributed by atoms with Crippen LogP contribution in [0.5, 0.6) is 0 Å². The summed E-state index contributed by atoms with van der Waals surface area (Å²) >= 11 is 0. The lowest BCUT2D eigenvalue weighted by molar-refractivity contribution is -0.197. The highest BCUT2D eigenvalue weighted by Gasteiger charge is 2.68. The molecule has 0 aromatic rings. The number of rotatable bonds is 1. The molecule has 26 heavy (non-hydrogen) atoms. The second-order valence-corrected chi connectivity index (χ2v) is 9.83. The standard InChI is InChI=1S/C21H31FO4/c1-12(23)26-13-6-9-21(22)18(25)10-14-15-4-5-17(24)19(15,2)8-7-16(14)20(21,3)11-13/h13-17,24H,4-11H2,1-3H3/t13?,14-,15-,16+,17?,19-,20+,21?/m0/s1. The number of aliphatic hydroxyl groups excluding tert-OH is 1. The van der Waals surface area contributed by atoms with Crippen molar-refractivity contribution in [3.8, 4) is 0 Å². The lowest BCUT2D eigenvalue weighted by Gasteiger charge is -2.61. The Kier molecular flexibility index (Phi) is 4.08. The number of ketones is 1. The fourth-order valence-corrected chi connectivity index (χ4v) is 7.33. The van der Waals surface area contributed by atoms with Crippen LogP contribution in [-0.4, -0.2) is 34.7 Å². The number of hydrogen-bond donors (Lipinski definition) is 1. The lowest BCUT2D eigenvalue weighted by atomic mass is 9.43. The van der Waals surface area contributed by atoms with Crippen LogP contribution in [0.3, 0.4) is 0 Å². The van der Waals surface area contributed by atoms with Crippen LogP contribution in [0.2, 0.25) is 0 Å². The number of ether oxygens (including phenoxy) is 1. The van der Waals surface area contributed by atoms with Crippen LogP contribution in [0.25, 0.3) is 0 Å². The number of carbonyl (C=O) groups is 2. The molecule has 0 bridgehead atoms. The van der Waals surface area contributed by atoms with E-state index in [1.54, 1.807) is 0 Å². The quantitative estimate of drug-likeness (QED) is 0.720. The topological polar surface area (TPSA) is 63.6 Å². The molecule has 1 N–H and O–H groups in total. The van der Waals surface area contributed by atoms with Crippen LogP contribution >= 0.6 is 0 Å². The van der Waals surface area contributed by atoms with Gasteiger partial charge in [0.2, 0.25) is 0 Å². The summed E-state index contributed by atoms with van der Waals surface area (Å²) in [6, 6.07) is 0. The molecular weight excluding hydrogens is 335 g/mol. The van der Waals surface area contributed by atoms with E-state index in [9.17, 15) is 14.7 Å². The first-order valence-electron chi connectivity index (χ1n) is 10.2. The number of carbonyl (C=O) groups excluding carboxylic acids is 2. The third-order valence-electron chi connectivity index (χ3n) is 8.77. The van der Waals surface area contributed by atoms with Gasteiger partial charge in [-0.25, -0.2) is 4.39 Å². The Labute approximate surface area is 154 Å². The number of esters is 1. The van der Waals surface area contributed by atoms with Crippen LogP contribution in [-0.2, 0) is 14.3 Å². The highest BCUT2D eigenvalue weighted by atomic mass is 19.1. The normalized spacial score (nSPS) is 53.4. The Bertz CT molecular complexity index is 636. The van der Waals surface area contributed by atoms with Gasteiger partial charge < -0.3 is 9.84 Å². The van der Waals surface area contributed by atoms with Crippen molar-refractivity contribution in [2.75, 3.05) is 0 Å². The zero-order valence-electron chi connectivity index (χ0n) is 16.1. The first-order chi connectivity index (χ1) is 12.1. The molecule has 4 rings (SSSR count). The Hall–Kier alpha value is -0.970. The summed E-state index contributed by atoms with van der Waals surface area (Å²) in [7, 11) is 0. The predicted molar refractivity (Wildman–Crippen MR) is 94.0 cm³/mol. The molecule has 0 heterocycles. The third kappa shape index (κ3) is 2.28. The van der Waals surface area contributed by atoms with E-state index in [0.29, 0.717) is 19.3 Å². The highest BCUT2D eigenvalue weighted by molar-refractivity contribution is 5.89. The van der Waals surface area contributed by atoms with Gasteiger partial charge in [0, 0.05) is 18.8 Å². The molecule has 8 atom stereocenters. The Morgan fingerprint density at radius 1 is 1.15 bits per heavy atom. The SMILES string of the molecule is CC(=O)OC1CCC2(F)C(=O)C[C@@H]3[C@@H](CC[C@]4(C)C(O)CC[C@@H]34)[C@@]2(C)C1. The van der Waals surface area contributed by atoms with Gasteiger partial charge in [0.1, 0.15) is 6.10 Å². The predicted octanol–water partition coefficient (Wildman–Crippen LogP) is 3.59. The molecule has 0 aliphatic heterocycles. The van der Waals surface area contributed by atoms with E-state index in [2.05, 4.69) is 6.92 Å². The Balaban J connectivity index is 1.68. The van der Waals surface area contributed by atoms with Crippen LogP contribution < -0.4 is 0 Å². The minimum absolute atomic E-state index is 0.118. The molecule has 5 heteroatoms. The molecule has 3 unspecified atom stereocenters. The molecule has 0 aromatic carbocycles. The van der Waals surface area contributed by atoms with Gasteiger partial charge in [0.05, 0.1) is 6.10 Å². The molecule has 0 spiro atoms. The van der Waals surface area contributed by atoms with E-state index in [1.165, 1.54) is 6.92 Å². The van der Waals surface area contributed by atoms with E-state index in [4.69, 9.17) is 4.74 Å². The van der Waals surface area contributed by atoms with Crippen molar-refractivity contribution in [3.63, 3.8) is 0 Å². The average Bonchev–Trinajstić information content (AvgIpc) is 2.85. The second kappa shape index (κ2) is 5.76. The van der Waals surface area contributed by atoms with E-state index < -0.39 is 11.1 Å². The van der Waals surface area contributed by atoms with Gasteiger partial charge in [0.25, 0.3) is 0 Å². The van der Waals surface area contributed by atoms with Crippen molar-refractivity contribution in [1.29, 1.82) is 0 Å². The largest absolute Gasteiger partial charge is 0.463 e. The number of alkyl halides is 1. The van der Waals surface area contributed by atoms with Gasteiger partial charge in [-0.1, -0.05) is 13.8 Å². The van der Waals surface area contributed by atoms with Gasteiger partial charge >= 0.3 is 5.97 Å². The number of halogens is 1. The summed E-state index contributed by atoms with van der Waals surface area (Å²) in [5.41, 5.74) is -2.71. The molecule has 0 radical (unpaired) electrons. The van der Waals surface area contributed by atoms with Crippen molar-refractivity contribution in [2.45, 2.75) is 90.0 Å². The van der Waals surface area contributed by atoms with Gasteiger partial charge in [-0.05, 0) is 68.1 Å². The van der Waals surface area contributed by atoms with Gasteiger partial charge in [-0.2, -0.15) is 0 Å². The molecule has 4 aliphatic carbocycles. The minimum Gasteiger partial charge on any atom is -0.463 e. The van der Waals surface area contributed by atoms with Crippen LogP contribution in [0.4, 0.5) is 4.39 Å². The highest BCUT2D eigenvalue weighted by Crippen LogP contribution is 2.67. The number of hydrogen-bond acceptors (Lipinski definition) is 4. The summed E-state index contributed by atoms with van der Waals surface area (Å²) in [6.45, 7) is 5.46. The number of fused-ring (bicyclic) bond motifs is 5. The Morgan fingerprint density at radius 2 is 1.88 bits per heavy atom. The molecule has 4 nitrogen and oxygen atoms in total. The fraction of sp³-hybridized carbons (Fsp3) is 0.905. The maximum absolute atomic E-state index is 16.1. The Morgan fingerprint density at radius 3 is 2.58 bits per heavy atom. The van der Waals surface area contributed by atoms with Crippen LogP contribution in [0.1, 0.15) is 72.1 Å². The van der Waals surface area contributed by atoms with Crippen molar-refractivity contribution < 1.29 is 23.8 Å². The monoisotopic (exact) mass is 366 g/mol. The minimum atomic E-state index is -1.80. The summed E-state index contributed by atoms with van der Waals surface area (Å²) in [6.07, 6.45) is 4.16. The second-order valence-electron chi connectivity index (χ2n) is 9.83. The zero-order chi connectivity index (χ0) is 18.9. The van der Waals surface area contributed by atoms with E-state index in [0.717, 1.165) is 25.7 Å². The molecule has 0 saturated heterocycles. The molecule has 0 aromatic heterocycles. The molecular formula is C21H31FO4. The maximum atomic E-state index is 16.1. The van der Waals surface area contributed by atoms with E-state index in [1.807, 2.05) is 6.92 Å². The molecule has 4 fully saturated rings. The third-order valence-corrected chi connectivity index (χ3v) is 8.77. The van der Waals surface area contributed by atoms with Gasteiger partial charge in [-0.15, -0.1) is 0 Å². The van der Waals surface area contributed by atoms with E-state index in [-0.39, 0.29) is 53.6 Å². The van der Waals surface area contributed by atoms with Gasteiger partial charge in [0.15, 0.2) is 11.5 Å². The van der Waals surface area contributed by atoms with Crippen molar-refractivity contribution in [3.05, 3.63) is 0 Å². The molecule has 146 valence electrons. The zero-order valence-corrected chi connectivity index (χ0v) is 16.1. The smallest absolute Gasteiger partial charge is 0.302 e. The summed E-state index contributed by atoms with van der Waals surface area (Å²) in [5, 5.41) is 10.5. The molecule has 4 saturated carbocycles. The average molecular weight is 366 g/mol. The lowest BCUT2D eigenvalue weighted by Crippen LogP contribution is -2.65. The van der Waals surface area contributed by atoms with Crippen LogP contribution in [0, 0.1) is 28.6 Å². The first kappa shape index (κ1) is 18.4. The molecule has 0 amide bonds.